The van der Waals surface area contributed by atoms with E-state index in [2.05, 4.69) is 10.1 Å². The average Bonchev–Trinajstić information content (AvgIpc) is 2.75. The number of benzene rings is 2. The van der Waals surface area contributed by atoms with E-state index in [1.807, 2.05) is 11.8 Å². The van der Waals surface area contributed by atoms with Crippen molar-refractivity contribution >= 4 is 21.6 Å². The number of nitrogens with zero attached hydrogens (tertiary/aromatic N) is 2. The van der Waals surface area contributed by atoms with Crippen molar-refractivity contribution < 1.29 is 31.5 Å². The highest BCUT2D eigenvalue weighted by Gasteiger charge is 2.29. The summed E-state index contributed by atoms with van der Waals surface area (Å²) in [4.78, 5) is 14.5. The van der Waals surface area contributed by atoms with Crippen LogP contribution in [0.3, 0.4) is 0 Å². The van der Waals surface area contributed by atoms with E-state index in [0.29, 0.717) is 18.8 Å². The van der Waals surface area contributed by atoms with E-state index >= 15 is 0 Å². The van der Waals surface area contributed by atoms with E-state index in [9.17, 15) is 22.0 Å². The molecule has 32 heavy (non-hydrogen) atoms. The van der Waals surface area contributed by atoms with Crippen LogP contribution in [0.5, 0.6) is 11.5 Å². The lowest BCUT2D eigenvalue weighted by Gasteiger charge is -2.33. The first-order valence-corrected chi connectivity index (χ1v) is 11.3. The van der Waals surface area contributed by atoms with Crippen molar-refractivity contribution in [2.24, 2.45) is 0 Å². The van der Waals surface area contributed by atoms with Gasteiger partial charge in [-0.3, -0.25) is 9.69 Å². The zero-order valence-corrected chi connectivity index (χ0v) is 18.6. The summed E-state index contributed by atoms with van der Waals surface area (Å²) in [6.45, 7) is 0.329. The quantitative estimate of drug-likeness (QED) is 0.639. The molecule has 1 amide bonds. The third-order valence-electron chi connectivity index (χ3n) is 5.02. The average molecular weight is 470 g/mol. The van der Waals surface area contributed by atoms with Crippen LogP contribution in [-0.2, 0) is 14.8 Å². The maximum Gasteiger partial charge on any atom is 0.387 e. The summed E-state index contributed by atoms with van der Waals surface area (Å²) < 4.78 is 61.2. The lowest BCUT2D eigenvalue weighted by atomic mass is 10.2. The van der Waals surface area contributed by atoms with Crippen LogP contribution in [0, 0.1) is 6.92 Å². The topological polar surface area (TPSA) is 88.2 Å². The number of piperazine rings is 1. The smallest absolute Gasteiger partial charge is 0.387 e. The van der Waals surface area contributed by atoms with E-state index < -0.39 is 16.6 Å². The maximum absolute atomic E-state index is 12.8. The fraction of sp³-hybridized carbons (Fsp3) is 0.381. The first-order chi connectivity index (χ1) is 15.2. The Morgan fingerprint density at radius 1 is 1.06 bits per heavy atom. The second-order valence-electron chi connectivity index (χ2n) is 7.29. The molecule has 8 nitrogen and oxygen atoms in total. The predicted octanol–water partition coefficient (Wildman–Crippen LogP) is 2.55. The zero-order valence-electron chi connectivity index (χ0n) is 17.8. The molecular weight excluding hydrogens is 444 g/mol. The number of hydrogen-bond donors (Lipinski definition) is 1. The van der Waals surface area contributed by atoms with Crippen LogP contribution < -0.4 is 14.8 Å². The molecule has 0 saturated carbocycles. The number of rotatable bonds is 8. The van der Waals surface area contributed by atoms with Crippen molar-refractivity contribution in [1.82, 2.24) is 9.21 Å². The highest BCUT2D eigenvalue weighted by atomic mass is 32.2. The second-order valence-corrected chi connectivity index (χ2v) is 9.22. The number of halogens is 2. The van der Waals surface area contributed by atoms with Gasteiger partial charge in [0.2, 0.25) is 15.9 Å². The molecule has 1 aliphatic rings. The number of alkyl halides is 2. The van der Waals surface area contributed by atoms with Gasteiger partial charge in [0.15, 0.2) is 11.5 Å². The molecule has 0 aromatic heterocycles. The zero-order chi connectivity index (χ0) is 23.3. The lowest BCUT2D eigenvalue weighted by molar-refractivity contribution is -0.117. The van der Waals surface area contributed by atoms with Crippen LogP contribution in [-0.4, -0.2) is 70.0 Å². The van der Waals surface area contributed by atoms with Gasteiger partial charge < -0.3 is 14.8 Å². The summed E-state index contributed by atoms with van der Waals surface area (Å²) >= 11 is 0. The SMILES string of the molecule is COc1cc(NC(=O)CN2CCN(S(=O)(=O)c3ccc(C)cc3)CC2)ccc1OC(F)F. The van der Waals surface area contributed by atoms with Gasteiger partial charge in [0.25, 0.3) is 0 Å². The summed E-state index contributed by atoms with van der Waals surface area (Å²) in [7, 11) is -2.26. The molecule has 2 aromatic carbocycles. The molecule has 11 heteroatoms. The molecule has 174 valence electrons. The number of hydrogen-bond acceptors (Lipinski definition) is 6. The molecule has 1 fully saturated rings. The molecule has 1 saturated heterocycles. The minimum absolute atomic E-state index is 0.0655. The molecule has 0 bridgehead atoms. The largest absolute Gasteiger partial charge is 0.493 e. The minimum atomic E-state index is -3.57. The van der Waals surface area contributed by atoms with Crippen LogP contribution >= 0.6 is 0 Å². The molecule has 3 rings (SSSR count). The number of nitrogens with one attached hydrogen (secondary N) is 1. The number of amides is 1. The first-order valence-electron chi connectivity index (χ1n) is 9.91. The number of methoxy groups -OCH3 is 1. The standard InChI is InChI=1S/C21H25F2N3O5S/c1-15-3-6-17(7-4-15)32(28,29)26-11-9-25(10-12-26)14-20(27)24-16-5-8-18(31-21(22)23)19(13-16)30-2/h3-8,13,21H,9-12,14H2,1-2H3,(H,24,27). The molecule has 2 aromatic rings. The van der Waals surface area contributed by atoms with Crippen LogP contribution in [0.25, 0.3) is 0 Å². The number of carbonyl (C=O) groups excluding carboxylic acids is 1. The molecular formula is C21H25F2N3O5S. The summed E-state index contributed by atoms with van der Waals surface area (Å²) in [5.74, 6) is -0.381. The van der Waals surface area contributed by atoms with E-state index in [1.165, 1.54) is 29.6 Å². The summed E-state index contributed by atoms with van der Waals surface area (Å²) in [6, 6.07) is 10.8. The van der Waals surface area contributed by atoms with E-state index in [-0.39, 0.29) is 41.9 Å². The number of ether oxygens (including phenoxy) is 2. The van der Waals surface area contributed by atoms with Crippen LogP contribution in [0.2, 0.25) is 0 Å². The molecule has 0 atom stereocenters. The Labute approximate surface area is 185 Å². The van der Waals surface area contributed by atoms with E-state index in [0.717, 1.165) is 5.56 Å². The van der Waals surface area contributed by atoms with Gasteiger partial charge in [0.1, 0.15) is 0 Å². The van der Waals surface area contributed by atoms with Gasteiger partial charge in [-0.05, 0) is 31.2 Å². The molecule has 1 N–H and O–H groups in total. The molecule has 0 unspecified atom stereocenters. The molecule has 1 heterocycles. The normalized spacial score (nSPS) is 15.5. The fourth-order valence-electron chi connectivity index (χ4n) is 3.33. The van der Waals surface area contributed by atoms with Crippen molar-refractivity contribution in [3.8, 4) is 11.5 Å². The van der Waals surface area contributed by atoms with Gasteiger partial charge in [0.05, 0.1) is 18.6 Å². The van der Waals surface area contributed by atoms with Crippen molar-refractivity contribution in [1.29, 1.82) is 0 Å². The van der Waals surface area contributed by atoms with Gasteiger partial charge in [0, 0.05) is 37.9 Å². The van der Waals surface area contributed by atoms with E-state index in [1.54, 1.807) is 24.3 Å². The minimum Gasteiger partial charge on any atom is -0.493 e. The molecule has 1 aliphatic heterocycles. The molecule has 0 aliphatic carbocycles. The monoisotopic (exact) mass is 469 g/mol. The van der Waals surface area contributed by atoms with Gasteiger partial charge in [-0.2, -0.15) is 13.1 Å². The third-order valence-corrected chi connectivity index (χ3v) is 6.93. The van der Waals surface area contributed by atoms with Gasteiger partial charge in [-0.25, -0.2) is 8.42 Å². The highest BCUT2D eigenvalue weighted by molar-refractivity contribution is 7.89. The van der Waals surface area contributed by atoms with E-state index in [4.69, 9.17) is 4.74 Å². The second kappa shape index (κ2) is 10.2. The Kier molecular flexibility index (Phi) is 7.64. The number of sulfonamides is 1. The summed E-state index contributed by atoms with van der Waals surface area (Å²) in [5, 5.41) is 2.68. The Balaban J connectivity index is 1.54. The molecule has 0 radical (unpaired) electrons. The highest BCUT2D eigenvalue weighted by Crippen LogP contribution is 2.31. The fourth-order valence-corrected chi connectivity index (χ4v) is 4.75. The third kappa shape index (κ3) is 5.93. The van der Waals surface area contributed by atoms with Crippen molar-refractivity contribution in [2.45, 2.75) is 18.4 Å². The van der Waals surface area contributed by atoms with Crippen molar-refractivity contribution in [3.05, 3.63) is 48.0 Å². The maximum atomic E-state index is 12.8. The summed E-state index contributed by atoms with van der Waals surface area (Å²) in [6.07, 6.45) is 0. The van der Waals surface area contributed by atoms with Crippen LogP contribution in [0.1, 0.15) is 5.56 Å². The first kappa shape index (κ1) is 23.9. The number of aryl methyl sites for hydroxylation is 1. The lowest BCUT2D eigenvalue weighted by Crippen LogP contribution is -2.50. The summed E-state index contributed by atoms with van der Waals surface area (Å²) in [5.41, 5.74) is 1.35. The van der Waals surface area contributed by atoms with Crippen molar-refractivity contribution in [2.75, 3.05) is 45.2 Å². The number of anilines is 1. The Morgan fingerprint density at radius 2 is 1.72 bits per heavy atom. The molecule has 0 spiro atoms. The Morgan fingerprint density at radius 3 is 2.31 bits per heavy atom. The van der Waals surface area contributed by atoms with Crippen LogP contribution in [0.15, 0.2) is 47.4 Å². The van der Waals surface area contributed by atoms with Gasteiger partial charge in [-0.15, -0.1) is 0 Å². The van der Waals surface area contributed by atoms with Gasteiger partial charge >= 0.3 is 6.61 Å². The predicted molar refractivity (Wildman–Crippen MR) is 115 cm³/mol. The van der Waals surface area contributed by atoms with Gasteiger partial charge in [-0.1, -0.05) is 17.7 Å². The van der Waals surface area contributed by atoms with Crippen molar-refractivity contribution in [3.63, 3.8) is 0 Å². The Bertz CT molecular complexity index is 1040. The van der Waals surface area contributed by atoms with Crippen LogP contribution in [0.4, 0.5) is 14.5 Å². The number of carbonyl (C=O) groups is 1. The Hall–Kier alpha value is -2.76.